The topological polar surface area (TPSA) is 30.5 Å². The van der Waals surface area contributed by atoms with Crippen LogP contribution in [0.1, 0.15) is 31.4 Å². The van der Waals surface area contributed by atoms with Crippen LogP contribution in [-0.2, 0) is 13.0 Å². The van der Waals surface area contributed by atoms with Crippen LogP contribution in [0.25, 0.3) is 0 Å². The van der Waals surface area contributed by atoms with Crippen LogP contribution >= 0.6 is 11.6 Å². The van der Waals surface area contributed by atoms with E-state index in [0.29, 0.717) is 29.2 Å². The van der Waals surface area contributed by atoms with Crippen molar-refractivity contribution < 1.29 is 9.47 Å². The maximum atomic E-state index is 6.32. The van der Waals surface area contributed by atoms with Gasteiger partial charge in [-0.2, -0.15) is 0 Å². The Morgan fingerprint density at radius 2 is 1.88 bits per heavy atom. The fourth-order valence-corrected chi connectivity index (χ4v) is 2.87. The molecule has 3 nitrogen and oxygen atoms in total. The third-order valence-electron chi connectivity index (χ3n) is 3.94. The molecule has 0 amide bonds. The normalized spacial score (nSPS) is 12.0. The molecule has 2 aromatic rings. The van der Waals surface area contributed by atoms with E-state index >= 15 is 0 Å². The summed E-state index contributed by atoms with van der Waals surface area (Å²) in [4.78, 5) is 0. The second kappa shape index (κ2) is 9.55. The first-order valence-electron chi connectivity index (χ1n) is 8.40. The Hall–Kier alpha value is -1.71. The second-order valence-corrected chi connectivity index (χ2v) is 6.26. The summed E-state index contributed by atoms with van der Waals surface area (Å²) >= 11 is 6.32. The zero-order valence-corrected chi connectivity index (χ0v) is 15.4. The summed E-state index contributed by atoms with van der Waals surface area (Å²) in [6.45, 7) is 5.44. The van der Waals surface area contributed by atoms with Crippen LogP contribution in [0.3, 0.4) is 0 Å². The number of benzene rings is 2. The summed E-state index contributed by atoms with van der Waals surface area (Å²) in [7, 11) is 1.63. The van der Waals surface area contributed by atoms with Gasteiger partial charge in [0.05, 0.1) is 18.7 Å². The van der Waals surface area contributed by atoms with Crippen LogP contribution < -0.4 is 14.8 Å². The number of ether oxygens (including phenoxy) is 2. The van der Waals surface area contributed by atoms with E-state index in [0.717, 1.165) is 24.9 Å². The quantitative estimate of drug-likeness (QED) is 0.702. The van der Waals surface area contributed by atoms with Gasteiger partial charge >= 0.3 is 0 Å². The summed E-state index contributed by atoms with van der Waals surface area (Å²) in [6, 6.07) is 14.9. The molecular formula is C20H26ClNO2. The van der Waals surface area contributed by atoms with Crippen LogP contribution in [0.4, 0.5) is 0 Å². The van der Waals surface area contributed by atoms with Crippen molar-refractivity contribution in [2.75, 3.05) is 13.7 Å². The lowest BCUT2D eigenvalue weighted by atomic mass is 10.1. The number of hydrogen-bond acceptors (Lipinski definition) is 3. The van der Waals surface area contributed by atoms with Gasteiger partial charge in [0, 0.05) is 12.6 Å². The van der Waals surface area contributed by atoms with Crippen molar-refractivity contribution in [3.63, 3.8) is 0 Å². The van der Waals surface area contributed by atoms with E-state index in [1.54, 1.807) is 7.11 Å². The first kappa shape index (κ1) is 18.6. The predicted molar refractivity (Wildman–Crippen MR) is 100 cm³/mol. The molecule has 130 valence electrons. The zero-order chi connectivity index (χ0) is 17.4. The molecule has 0 aromatic heterocycles. The van der Waals surface area contributed by atoms with Gasteiger partial charge in [-0.3, -0.25) is 0 Å². The van der Waals surface area contributed by atoms with Crippen molar-refractivity contribution in [2.45, 2.75) is 39.3 Å². The highest BCUT2D eigenvalue weighted by atomic mass is 35.5. The van der Waals surface area contributed by atoms with E-state index < -0.39 is 0 Å². The molecule has 0 aliphatic rings. The Morgan fingerprint density at radius 1 is 1.12 bits per heavy atom. The van der Waals surface area contributed by atoms with E-state index in [2.05, 4.69) is 36.5 Å². The number of aryl methyl sites for hydroxylation is 1. The summed E-state index contributed by atoms with van der Waals surface area (Å²) in [5.41, 5.74) is 2.46. The molecule has 0 aliphatic heterocycles. The molecule has 2 rings (SSSR count). The van der Waals surface area contributed by atoms with Crippen molar-refractivity contribution in [2.24, 2.45) is 0 Å². The molecule has 0 aliphatic carbocycles. The summed E-state index contributed by atoms with van der Waals surface area (Å²) in [5, 5.41) is 4.13. The lowest BCUT2D eigenvalue weighted by Gasteiger charge is -2.16. The van der Waals surface area contributed by atoms with E-state index in [1.165, 1.54) is 5.56 Å². The molecule has 1 atom stereocenters. The van der Waals surface area contributed by atoms with Crippen LogP contribution in [0.15, 0.2) is 42.5 Å². The average molecular weight is 348 g/mol. The van der Waals surface area contributed by atoms with E-state index in [1.807, 2.05) is 25.1 Å². The van der Waals surface area contributed by atoms with Crippen LogP contribution in [0.5, 0.6) is 11.5 Å². The third-order valence-corrected chi connectivity index (χ3v) is 4.22. The first-order chi connectivity index (χ1) is 11.6. The van der Waals surface area contributed by atoms with Crippen molar-refractivity contribution in [3.05, 3.63) is 58.6 Å². The molecule has 0 heterocycles. The molecule has 0 radical (unpaired) electrons. The molecule has 0 fully saturated rings. The van der Waals surface area contributed by atoms with Gasteiger partial charge < -0.3 is 14.8 Å². The Bertz CT molecular complexity index is 631. The smallest absolute Gasteiger partial charge is 0.179 e. The molecule has 0 saturated carbocycles. The van der Waals surface area contributed by atoms with Gasteiger partial charge in [0.25, 0.3) is 0 Å². The molecule has 1 unspecified atom stereocenters. The summed E-state index contributed by atoms with van der Waals surface area (Å²) in [6.07, 6.45) is 2.16. The minimum Gasteiger partial charge on any atom is -0.493 e. The molecule has 0 saturated heterocycles. The lowest BCUT2D eigenvalue weighted by molar-refractivity contribution is 0.311. The molecule has 0 bridgehead atoms. The molecule has 0 spiro atoms. The molecule has 4 heteroatoms. The highest BCUT2D eigenvalue weighted by molar-refractivity contribution is 6.32. The molecule has 24 heavy (non-hydrogen) atoms. The fourth-order valence-electron chi connectivity index (χ4n) is 2.58. The Kier molecular flexibility index (Phi) is 7.41. The lowest BCUT2D eigenvalue weighted by Crippen LogP contribution is -2.26. The Morgan fingerprint density at radius 3 is 2.54 bits per heavy atom. The van der Waals surface area contributed by atoms with Crippen molar-refractivity contribution >= 4 is 11.6 Å². The van der Waals surface area contributed by atoms with Gasteiger partial charge in [-0.05, 0) is 49.9 Å². The summed E-state index contributed by atoms with van der Waals surface area (Å²) < 4.78 is 10.9. The van der Waals surface area contributed by atoms with Crippen molar-refractivity contribution in [1.82, 2.24) is 5.32 Å². The molecule has 1 N–H and O–H groups in total. The number of hydrogen-bond donors (Lipinski definition) is 1. The predicted octanol–water partition coefficient (Wildman–Crippen LogP) is 4.86. The van der Waals surface area contributed by atoms with E-state index in [-0.39, 0.29) is 0 Å². The van der Waals surface area contributed by atoms with E-state index in [9.17, 15) is 0 Å². The van der Waals surface area contributed by atoms with Crippen molar-refractivity contribution in [1.29, 1.82) is 0 Å². The standard InChI is InChI=1S/C20H26ClNO2/c1-4-24-20-18(21)12-17(13-19(20)23-3)14-22-15(2)10-11-16-8-6-5-7-9-16/h5-9,12-13,15,22H,4,10-11,14H2,1-3H3. The number of rotatable bonds is 9. The van der Waals surface area contributed by atoms with Gasteiger partial charge in [-0.1, -0.05) is 41.9 Å². The first-order valence-corrected chi connectivity index (χ1v) is 8.78. The van der Waals surface area contributed by atoms with Crippen LogP contribution in [0, 0.1) is 0 Å². The average Bonchev–Trinajstić information content (AvgIpc) is 2.61. The minimum absolute atomic E-state index is 0.418. The van der Waals surface area contributed by atoms with E-state index in [4.69, 9.17) is 21.1 Å². The van der Waals surface area contributed by atoms with Crippen molar-refractivity contribution in [3.8, 4) is 11.5 Å². The SMILES string of the molecule is CCOc1c(Cl)cc(CNC(C)CCc2ccccc2)cc1OC. The van der Waals surface area contributed by atoms with Gasteiger partial charge in [-0.25, -0.2) is 0 Å². The fraction of sp³-hybridized carbons (Fsp3) is 0.400. The Labute approximate surface area is 149 Å². The molecular weight excluding hydrogens is 322 g/mol. The van der Waals surface area contributed by atoms with Crippen LogP contribution in [0.2, 0.25) is 5.02 Å². The highest BCUT2D eigenvalue weighted by Crippen LogP contribution is 2.36. The number of methoxy groups -OCH3 is 1. The van der Waals surface area contributed by atoms with Crippen LogP contribution in [-0.4, -0.2) is 19.8 Å². The third kappa shape index (κ3) is 5.43. The maximum absolute atomic E-state index is 6.32. The zero-order valence-electron chi connectivity index (χ0n) is 14.6. The van der Waals surface area contributed by atoms with Gasteiger partial charge in [0.2, 0.25) is 0 Å². The number of nitrogens with one attached hydrogen (secondary N) is 1. The maximum Gasteiger partial charge on any atom is 0.179 e. The Balaban J connectivity index is 1.90. The monoisotopic (exact) mass is 347 g/mol. The van der Waals surface area contributed by atoms with Gasteiger partial charge in [0.15, 0.2) is 11.5 Å². The second-order valence-electron chi connectivity index (χ2n) is 5.85. The largest absolute Gasteiger partial charge is 0.493 e. The van der Waals surface area contributed by atoms with Gasteiger partial charge in [-0.15, -0.1) is 0 Å². The molecule has 2 aromatic carbocycles. The number of halogens is 1. The minimum atomic E-state index is 0.418. The summed E-state index contributed by atoms with van der Waals surface area (Å²) in [5.74, 6) is 1.29. The van der Waals surface area contributed by atoms with Gasteiger partial charge in [0.1, 0.15) is 0 Å². The highest BCUT2D eigenvalue weighted by Gasteiger charge is 2.12.